The zero-order valence-electron chi connectivity index (χ0n) is 15.1. The summed E-state index contributed by atoms with van der Waals surface area (Å²) in [5.41, 5.74) is 0.773. The third kappa shape index (κ3) is 5.63. The lowest BCUT2D eigenvalue weighted by Crippen LogP contribution is -2.37. The summed E-state index contributed by atoms with van der Waals surface area (Å²) in [6.07, 6.45) is 1.76. The van der Waals surface area contributed by atoms with Crippen LogP contribution in [-0.4, -0.2) is 44.8 Å². The van der Waals surface area contributed by atoms with E-state index in [0.717, 1.165) is 22.2 Å². The maximum Gasteiger partial charge on any atom is 0.264 e. The molecule has 1 saturated carbocycles. The molecule has 0 bridgehead atoms. The lowest BCUT2D eigenvalue weighted by molar-refractivity contribution is -0.121. The Bertz CT molecular complexity index is 969. The van der Waals surface area contributed by atoms with Crippen LogP contribution in [0.2, 0.25) is 0 Å². The Kier molecular flexibility index (Phi) is 6.54. The van der Waals surface area contributed by atoms with Gasteiger partial charge in [-0.2, -0.15) is 0 Å². The van der Waals surface area contributed by atoms with Gasteiger partial charge in [0.2, 0.25) is 15.9 Å². The van der Waals surface area contributed by atoms with Crippen molar-refractivity contribution in [3.63, 3.8) is 0 Å². The first kappa shape index (κ1) is 21.0. The molecule has 1 aliphatic rings. The topological polar surface area (TPSA) is 95.6 Å². The molecule has 150 valence electrons. The molecule has 1 fully saturated rings. The molecule has 0 spiro atoms. The van der Waals surface area contributed by atoms with Gasteiger partial charge < -0.3 is 10.2 Å². The summed E-state index contributed by atoms with van der Waals surface area (Å²) >= 11 is 4.62. The van der Waals surface area contributed by atoms with Gasteiger partial charge in [0.15, 0.2) is 0 Å². The fourth-order valence-corrected chi connectivity index (χ4v) is 5.12. The van der Waals surface area contributed by atoms with Crippen LogP contribution >= 0.6 is 27.3 Å². The van der Waals surface area contributed by atoms with Gasteiger partial charge in [-0.1, -0.05) is 12.1 Å². The predicted molar refractivity (Wildman–Crippen MR) is 111 cm³/mol. The summed E-state index contributed by atoms with van der Waals surface area (Å²) in [7, 11) is -1.91. The van der Waals surface area contributed by atoms with Crippen molar-refractivity contribution < 1.29 is 18.0 Å². The normalized spacial score (nSPS) is 13.9. The first-order chi connectivity index (χ1) is 13.2. The van der Waals surface area contributed by atoms with Crippen molar-refractivity contribution in [2.24, 2.45) is 0 Å². The number of carbonyl (C=O) groups is 2. The van der Waals surface area contributed by atoms with Gasteiger partial charge >= 0.3 is 0 Å². The number of nitrogens with zero attached hydrogens (tertiary/aromatic N) is 1. The van der Waals surface area contributed by atoms with Crippen LogP contribution in [0.25, 0.3) is 0 Å². The standard InChI is InChI=1S/C18H20BrN3O4S2/c1-22(18(24)15-8-9-16(19)27-15)11-17(23)20-10-12-2-6-14(7-3-12)28(25,26)21-13-4-5-13/h2-3,6-9,13,21H,4-5,10-11H2,1H3,(H,20,23). The molecule has 0 unspecified atom stereocenters. The van der Waals surface area contributed by atoms with Crippen molar-refractivity contribution in [3.05, 3.63) is 50.6 Å². The molecule has 0 radical (unpaired) electrons. The molecule has 2 amide bonds. The van der Waals surface area contributed by atoms with Crippen molar-refractivity contribution in [3.8, 4) is 0 Å². The maximum absolute atomic E-state index is 12.3. The highest BCUT2D eigenvalue weighted by Crippen LogP contribution is 2.23. The number of sulfonamides is 1. The van der Waals surface area contributed by atoms with E-state index in [1.165, 1.54) is 28.4 Å². The lowest BCUT2D eigenvalue weighted by atomic mass is 10.2. The molecule has 1 aromatic carbocycles. The summed E-state index contributed by atoms with van der Waals surface area (Å²) in [6.45, 7) is 0.188. The third-order valence-corrected chi connectivity index (χ3v) is 7.28. The molecule has 0 atom stereocenters. The van der Waals surface area contributed by atoms with Crippen molar-refractivity contribution >= 4 is 49.1 Å². The number of halogens is 1. The summed E-state index contributed by atoms with van der Waals surface area (Å²) in [5, 5.41) is 2.74. The molecule has 1 aromatic heterocycles. The quantitative estimate of drug-likeness (QED) is 0.599. The highest BCUT2D eigenvalue weighted by atomic mass is 79.9. The van der Waals surface area contributed by atoms with Gasteiger partial charge in [-0.15, -0.1) is 11.3 Å². The highest BCUT2D eigenvalue weighted by Gasteiger charge is 2.27. The number of hydrogen-bond donors (Lipinski definition) is 2. The SMILES string of the molecule is CN(CC(=O)NCc1ccc(S(=O)(=O)NC2CC2)cc1)C(=O)c1ccc(Br)s1. The zero-order valence-corrected chi connectivity index (χ0v) is 18.4. The number of nitrogens with one attached hydrogen (secondary N) is 2. The molecule has 3 rings (SSSR count). The molecule has 28 heavy (non-hydrogen) atoms. The van der Waals surface area contributed by atoms with Gasteiger partial charge in [-0.05, 0) is 58.6 Å². The van der Waals surface area contributed by atoms with E-state index in [-0.39, 0.29) is 35.8 Å². The van der Waals surface area contributed by atoms with Crippen LogP contribution in [0.15, 0.2) is 45.1 Å². The number of amides is 2. The predicted octanol–water partition coefficient (Wildman–Crippen LogP) is 2.34. The number of likely N-dealkylation sites (N-methyl/N-ethyl adjacent to an activating group) is 1. The van der Waals surface area contributed by atoms with E-state index < -0.39 is 10.0 Å². The molecule has 2 aromatic rings. The largest absolute Gasteiger partial charge is 0.350 e. The number of thiophene rings is 1. The molecule has 2 N–H and O–H groups in total. The minimum absolute atomic E-state index is 0.0546. The van der Waals surface area contributed by atoms with Gasteiger partial charge in [0.1, 0.15) is 0 Å². The lowest BCUT2D eigenvalue weighted by Gasteiger charge is -2.16. The second kappa shape index (κ2) is 8.73. The average Bonchev–Trinajstić information content (AvgIpc) is 3.35. The average molecular weight is 486 g/mol. The monoisotopic (exact) mass is 485 g/mol. The number of benzene rings is 1. The van der Waals surface area contributed by atoms with Crippen molar-refractivity contribution in [1.82, 2.24) is 14.9 Å². The molecule has 1 aliphatic carbocycles. The first-order valence-corrected chi connectivity index (χ1v) is 11.7. The minimum atomic E-state index is -3.48. The van der Waals surface area contributed by atoms with Crippen molar-refractivity contribution in [2.75, 3.05) is 13.6 Å². The van der Waals surface area contributed by atoms with Crippen molar-refractivity contribution in [1.29, 1.82) is 0 Å². The van der Waals surface area contributed by atoms with Crippen LogP contribution in [0, 0.1) is 0 Å². The molecule has 7 nitrogen and oxygen atoms in total. The van der Waals surface area contributed by atoms with Gasteiger partial charge in [0.25, 0.3) is 5.91 Å². The van der Waals surface area contributed by atoms with Crippen LogP contribution in [0.5, 0.6) is 0 Å². The Morgan fingerprint density at radius 1 is 1.18 bits per heavy atom. The van der Waals surface area contributed by atoms with Gasteiger partial charge in [-0.3, -0.25) is 9.59 Å². The van der Waals surface area contributed by atoms with E-state index in [9.17, 15) is 18.0 Å². The molecule has 10 heteroatoms. The summed E-state index contributed by atoms with van der Waals surface area (Å²) in [5.74, 6) is -0.512. The molecular weight excluding hydrogens is 466 g/mol. The van der Waals surface area contributed by atoms with E-state index in [1.54, 1.807) is 31.3 Å². The maximum atomic E-state index is 12.3. The number of hydrogen-bond acceptors (Lipinski definition) is 5. The fraction of sp³-hybridized carbons (Fsp3) is 0.333. The molecule has 0 aliphatic heterocycles. The van der Waals surface area contributed by atoms with Crippen LogP contribution in [0.4, 0.5) is 0 Å². The Hall–Kier alpha value is -1.75. The summed E-state index contributed by atoms with van der Waals surface area (Å²) in [4.78, 5) is 26.5. The summed E-state index contributed by atoms with van der Waals surface area (Å²) in [6, 6.07) is 9.93. The number of carbonyl (C=O) groups excluding carboxylic acids is 2. The first-order valence-electron chi connectivity index (χ1n) is 8.63. The van der Waals surface area contributed by atoms with E-state index in [1.807, 2.05) is 0 Å². The minimum Gasteiger partial charge on any atom is -0.350 e. The van der Waals surface area contributed by atoms with E-state index in [4.69, 9.17) is 0 Å². The molecule has 1 heterocycles. The van der Waals surface area contributed by atoms with Gasteiger partial charge in [-0.25, -0.2) is 13.1 Å². The molecule has 0 saturated heterocycles. The van der Waals surface area contributed by atoms with Crippen LogP contribution in [0.3, 0.4) is 0 Å². The van der Waals surface area contributed by atoms with Gasteiger partial charge in [0, 0.05) is 19.6 Å². The Morgan fingerprint density at radius 3 is 2.43 bits per heavy atom. The van der Waals surface area contributed by atoms with Crippen LogP contribution < -0.4 is 10.0 Å². The number of rotatable bonds is 8. The molecular formula is C18H20BrN3O4S2. The summed E-state index contributed by atoms with van der Waals surface area (Å²) < 4.78 is 27.8. The van der Waals surface area contributed by atoms with E-state index >= 15 is 0 Å². The Labute approximate surface area is 176 Å². The second-order valence-corrected chi connectivity index (χ2v) is 10.8. The highest BCUT2D eigenvalue weighted by molar-refractivity contribution is 9.11. The van der Waals surface area contributed by atoms with E-state index in [2.05, 4.69) is 26.0 Å². The van der Waals surface area contributed by atoms with Crippen LogP contribution in [0.1, 0.15) is 28.1 Å². The zero-order chi connectivity index (χ0) is 20.3. The van der Waals surface area contributed by atoms with Crippen molar-refractivity contribution in [2.45, 2.75) is 30.3 Å². The van der Waals surface area contributed by atoms with E-state index in [0.29, 0.717) is 4.88 Å². The van der Waals surface area contributed by atoms with Gasteiger partial charge in [0.05, 0.1) is 20.1 Å². The van der Waals surface area contributed by atoms with Crippen LogP contribution in [-0.2, 0) is 21.4 Å². The second-order valence-electron chi connectivity index (χ2n) is 6.58. The smallest absolute Gasteiger partial charge is 0.264 e. The fourth-order valence-electron chi connectivity index (χ4n) is 2.44. The Balaban J connectivity index is 1.49. The third-order valence-electron chi connectivity index (χ3n) is 4.13. The Morgan fingerprint density at radius 2 is 1.86 bits per heavy atom.